The van der Waals surface area contributed by atoms with Crippen LogP contribution in [0.5, 0.6) is 0 Å². The molecule has 0 spiro atoms. The van der Waals surface area contributed by atoms with Crippen LogP contribution in [-0.4, -0.2) is 44.7 Å². The Hall–Kier alpha value is -2.25. The second-order valence-electron chi connectivity index (χ2n) is 7.80. The lowest BCUT2D eigenvalue weighted by Gasteiger charge is -2.37. The Balaban J connectivity index is 1.63. The van der Waals surface area contributed by atoms with Gasteiger partial charge in [-0.25, -0.2) is 9.07 Å². The lowest BCUT2D eigenvalue weighted by molar-refractivity contribution is -0.126. The lowest BCUT2D eigenvalue weighted by Crippen LogP contribution is -2.42. The zero-order chi connectivity index (χ0) is 20.5. The Kier molecular flexibility index (Phi) is 5.69. The maximum atomic E-state index is 14.6. The van der Waals surface area contributed by atoms with Crippen LogP contribution < -0.4 is 0 Å². The van der Waals surface area contributed by atoms with Crippen molar-refractivity contribution in [2.45, 2.75) is 37.5 Å². The van der Waals surface area contributed by atoms with Crippen LogP contribution in [0.15, 0.2) is 42.1 Å². The highest BCUT2D eigenvalue weighted by molar-refractivity contribution is 7.81. The largest absolute Gasteiger partial charge is 0.297 e. The van der Waals surface area contributed by atoms with E-state index in [0.717, 1.165) is 24.8 Å². The zero-order valence-corrected chi connectivity index (χ0v) is 17.2. The standard InChI is InChI=1S/C22H24FN3O2S/c1-14(27)26-11-8-17(24-26)12-16-13-25(10-9-20(16)29)21(22(28)15-6-7-15)18-4-2-3-5-19(18)23/h2-5,8,11-12,15,20-21,29H,6-7,9-10,13H2,1H3/b16-12+. The Morgan fingerprint density at radius 2 is 2.00 bits per heavy atom. The van der Waals surface area contributed by atoms with E-state index >= 15 is 0 Å². The molecule has 1 saturated carbocycles. The number of nitrogens with zero attached hydrogens (tertiary/aromatic N) is 3. The van der Waals surface area contributed by atoms with Gasteiger partial charge in [-0.2, -0.15) is 17.7 Å². The molecule has 7 heteroatoms. The number of piperidine rings is 1. The van der Waals surface area contributed by atoms with Crippen molar-refractivity contribution >= 4 is 30.4 Å². The van der Waals surface area contributed by atoms with Crippen LogP contribution in [0.1, 0.15) is 48.3 Å². The summed E-state index contributed by atoms with van der Waals surface area (Å²) in [5.74, 6) is -0.359. The third-order valence-electron chi connectivity index (χ3n) is 5.58. The van der Waals surface area contributed by atoms with Gasteiger partial charge in [-0.05, 0) is 43.0 Å². The normalized spacial score (nSPS) is 22.6. The van der Waals surface area contributed by atoms with E-state index in [1.54, 1.807) is 30.5 Å². The molecule has 2 heterocycles. The first kappa shape index (κ1) is 20.0. The summed E-state index contributed by atoms with van der Waals surface area (Å²) in [4.78, 5) is 26.6. The van der Waals surface area contributed by atoms with Gasteiger partial charge in [0.05, 0.1) is 11.7 Å². The Bertz CT molecular complexity index is 966. The fourth-order valence-corrected chi connectivity index (χ4v) is 4.12. The first-order valence-corrected chi connectivity index (χ1v) is 10.4. The van der Waals surface area contributed by atoms with Crippen molar-refractivity contribution < 1.29 is 14.0 Å². The molecule has 0 radical (unpaired) electrons. The minimum absolute atomic E-state index is 0.0334. The molecule has 152 valence electrons. The highest BCUT2D eigenvalue weighted by Crippen LogP contribution is 2.39. The highest BCUT2D eigenvalue weighted by Gasteiger charge is 2.40. The molecule has 2 unspecified atom stereocenters. The smallest absolute Gasteiger partial charge is 0.243 e. The number of benzene rings is 1. The summed E-state index contributed by atoms with van der Waals surface area (Å²) in [6.07, 6.45) is 6.08. The van der Waals surface area contributed by atoms with E-state index in [1.807, 2.05) is 6.08 Å². The Morgan fingerprint density at radius 1 is 1.24 bits per heavy atom. The van der Waals surface area contributed by atoms with Crippen LogP contribution in [0, 0.1) is 11.7 Å². The molecule has 5 nitrogen and oxygen atoms in total. The number of likely N-dealkylation sites (tertiary alicyclic amines) is 1. The summed E-state index contributed by atoms with van der Waals surface area (Å²) in [7, 11) is 0. The predicted octanol–water partition coefficient (Wildman–Crippen LogP) is 3.79. The minimum Gasteiger partial charge on any atom is -0.297 e. The van der Waals surface area contributed by atoms with Crippen molar-refractivity contribution in [3.05, 3.63) is 59.2 Å². The van der Waals surface area contributed by atoms with Gasteiger partial charge in [0.15, 0.2) is 5.78 Å². The summed E-state index contributed by atoms with van der Waals surface area (Å²) in [5.41, 5.74) is 2.13. The Morgan fingerprint density at radius 3 is 2.66 bits per heavy atom. The number of Topliss-reactive ketones (excluding diaryl/α,β-unsaturated/α-hetero) is 1. The quantitative estimate of drug-likeness (QED) is 0.758. The molecule has 1 saturated heterocycles. The van der Waals surface area contributed by atoms with Gasteiger partial charge in [-0.3, -0.25) is 14.5 Å². The first-order valence-electron chi connectivity index (χ1n) is 9.91. The number of thiol groups is 1. The zero-order valence-electron chi connectivity index (χ0n) is 16.3. The summed E-state index contributed by atoms with van der Waals surface area (Å²) in [5, 5.41) is 4.30. The van der Waals surface area contributed by atoms with E-state index in [1.165, 1.54) is 17.7 Å². The first-order chi connectivity index (χ1) is 13.9. The molecule has 2 aromatic rings. The third-order valence-corrected chi connectivity index (χ3v) is 6.17. The molecule has 1 aromatic heterocycles. The van der Waals surface area contributed by atoms with Crippen molar-refractivity contribution in [3.8, 4) is 0 Å². The van der Waals surface area contributed by atoms with Crippen LogP contribution in [-0.2, 0) is 4.79 Å². The van der Waals surface area contributed by atoms with Crippen molar-refractivity contribution in [2.24, 2.45) is 5.92 Å². The highest BCUT2D eigenvalue weighted by atomic mass is 32.1. The molecule has 1 aliphatic heterocycles. The van der Waals surface area contributed by atoms with Crippen LogP contribution in [0.4, 0.5) is 4.39 Å². The second kappa shape index (κ2) is 8.24. The SMILES string of the molecule is CC(=O)n1ccc(/C=C2\CN(C(C(=O)C3CC3)c3ccccc3F)CCC2S)n1. The molecular weight excluding hydrogens is 389 g/mol. The number of hydrogen-bond donors (Lipinski definition) is 1. The van der Waals surface area contributed by atoms with Gasteiger partial charge in [0.1, 0.15) is 5.82 Å². The average molecular weight is 414 g/mol. The number of aromatic nitrogens is 2. The van der Waals surface area contributed by atoms with E-state index < -0.39 is 6.04 Å². The van der Waals surface area contributed by atoms with Gasteiger partial charge in [0.25, 0.3) is 0 Å². The van der Waals surface area contributed by atoms with Gasteiger partial charge < -0.3 is 0 Å². The fourth-order valence-electron chi connectivity index (χ4n) is 3.85. The summed E-state index contributed by atoms with van der Waals surface area (Å²) < 4.78 is 15.9. The molecule has 2 aliphatic rings. The number of hydrogen-bond acceptors (Lipinski definition) is 5. The third kappa shape index (κ3) is 4.36. The van der Waals surface area contributed by atoms with E-state index in [0.29, 0.717) is 24.3 Å². The molecule has 29 heavy (non-hydrogen) atoms. The van der Waals surface area contributed by atoms with Crippen LogP contribution in [0.3, 0.4) is 0 Å². The van der Waals surface area contributed by atoms with Crippen LogP contribution in [0.25, 0.3) is 6.08 Å². The summed E-state index contributed by atoms with van der Waals surface area (Å²) in [6, 6.07) is 7.75. The Labute approximate surface area is 175 Å². The molecular formula is C22H24FN3O2S. The number of rotatable bonds is 5. The molecule has 1 aromatic carbocycles. The fraction of sp³-hybridized carbons (Fsp3) is 0.409. The second-order valence-corrected chi connectivity index (χ2v) is 8.42. The van der Waals surface area contributed by atoms with Gasteiger partial charge in [0, 0.05) is 42.9 Å². The minimum atomic E-state index is -0.581. The van der Waals surface area contributed by atoms with E-state index in [-0.39, 0.29) is 28.7 Å². The molecule has 0 amide bonds. The van der Waals surface area contributed by atoms with Crippen LogP contribution >= 0.6 is 12.6 Å². The molecule has 0 N–H and O–H groups in total. The molecule has 1 aliphatic carbocycles. The van der Waals surface area contributed by atoms with Gasteiger partial charge in [-0.15, -0.1) is 0 Å². The lowest BCUT2D eigenvalue weighted by atomic mass is 9.93. The van der Waals surface area contributed by atoms with Crippen molar-refractivity contribution in [1.82, 2.24) is 14.7 Å². The molecule has 4 rings (SSSR count). The number of carbonyl (C=O) groups excluding carboxylic acids is 2. The maximum absolute atomic E-state index is 14.6. The predicted molar refractivity (Wildman–Crippen MR) is 112 cm³/mol. The summed E-state index contributed by atoms with van der Waals surface area (Å²) >= 11 is 4.70. The van der Waals surface area contributed by atoms with Crippen LogP contribution in [0.2, 0.25) is 0 Å². The van der Waals surface area contributed by atoms with E-state index in [2.05, 4.69) is 10.00 Å². The monoisotopic (exact) mass is 413 g/mol. The molecule has 2 fully saturated rings. The molecule has 2 atom stereocenters. The molecule has 0 bridgehead atoms. The van der Waals surface area contributed by atoms with Gasteiger partial charge in [-0.1, -0.05) is 18.2 Å². The number of ketones is 1. The van der Waals surface area contributed by atoms with Crippen molar-refractivity contribution in [3.63, 3.8) is 0 Å². The number of carbonyl (C=O) groups is 2. The van der Waals surface area contributed by atoms with E-state index in [4.69, 9.17) is 12.6 Å². The van der Waals surface area contributed by atoms with Gasteiger partial charge in [0.2, 0.25) is 5.91 Å². The maximum Gasteiger partial charge on any atom is 0.243 e. The number of halogens is 1. The van der Waals surface area contributed by atoms with Crippen molar-refractivity contribution in [1.29, 1.82) is 0 Å². The van der Waals surface area contributed by atoms with E-state index in [9.17, 15) is 14.0 Å². The summed E-state index contributed by atoms with van der Waals surface area (Å²) in [6.45, 7) is 2.64. The average Bonchev–Trinajstić information content (AvgIpc) is 3.44. The topological polar surface area (TPSA) is 55.2 Å². The van der Waals surface area contributed by atoms with Gasteiger partial charge >= 0.3 is 0 Å². The van der Waals surface area contributed by atoms with Crippen molar-refractivity contribution in [2.75, 3.05) is 13.1 Å².